The van der Waals surface area contributed by atoms with Crippen LogP contribution in [-0.4, -0.2) is 25.7 Å². The Kier molecular flexibility index (Phi) is 2.78. The molecule has 1 N–H and O–H groups in total. The van der Waals surface area contributed by atoms with Crippen LogP contribution in [0.4, 0.5) is 5.69 Å². The Morgan fingerprint density at radius 2 is 2.25 bits per heavy atom. The molecule has 2 aliphatic heterocycles. The Morgan fingerprint density at radius 1 is 1.31 bits per heavy atom. The van der Waals surface area contributed by atoms with E-state index in [1.807, 2.05) is 12.1 Å². The van der Waals surface area contributed by atoms with Crippen molar-refractivity contribution in [3.05, 3.63) is 29.3 Å². The summed E-state index contributed by atoms with van der Waals surface area (Å²) in [5.74, 6) is 0.827. The van der Waals surface area contributed by atoms with Gasteiger partial charge in [0.25, 0.3) is 0 Å². The van der Waals surface area contributed by atoms with Gasteiger partial charge in [-0.1, -0.05) is 17.7 Å². The highest BCUT2D eigenvalue weighted by Gasteiger charge is 2.32. The van der Waals surface area contributed by atoms with Crippen LogP contribution in [0.15, 0.2) is 24.3 Å². The first-order valence-electron chi connectivity index (χ1n) is 6.07. The monoisotopic (exact) mass is 236 g/mol. The summed E-state index contributed by atoms with van der Waals surface area (Å²) < 4.78 is 0. The maximum absolute atomic E-state index is 6.04. The molecule has 16 heavy (non-hydrogen) atoms. The molecule has 0 bridgehead atoms. The van der Waals surface area contributed by atoms with Gasteiger partial charge in [-0.15, -0.1) is 0 Å². The third-order valence-corrected chi connectivity index (χ3v) is 4.06. The lowest BCUT2D eigenvalue weighted by Crippen LogP contribution is -2.44. The Hall–Kier alpha value is -0.730. The average molecular weight is 237 g/mol. The van der Waals surface area contributed by atoms with Crippen molar-refractivity contribution in [1.82, 2.24) is 5.32 Å². The lowest BCUT2D eigenvalue weighted by Gasteiger charge is -2.36. The van der Waals surface area contributed by atoms with Crippen molar-refractivity contribution in [2.75, 3.05) is 24.5 Å². The topological polar surface area (TPSA) is 15.3 Å². The second-order valence-electron chi connectivity index (χ2n) is 4.82. The highest BCUT2D eigenvalue weighted by Crippen LogP contribution is 2.29. The van der Waals surface area contributed by atoms with E-state index in [1.54, 1.807) is 0 Å². The molecule has 0 saturated carbocycles. The number of benzene rings is 1. The van der Waals surface area contributed by atoms with Crippen molar-refractivity contribution in [2.45, 2.75) is 18.9 Å². The van der Waals surface area contributed by atoms with E-state index in [2.05, 4.69) is 22.3 Å². The van der Waals surface area contributed by atoms with Crippen LogP contribution in [0.1, 0.15) is 12.8 Å². The van der Waals surface area contributed by atoms with E-state index in [9.17, 15) is 0 Å². The van der Waals surface area contributed by atoms with E-state index in [0.29, 0.717) is 0 Å². The molecular weight excluding hydrogens is 220 g/mol. The zero-order valence-electron chi connectivity index (χ0n) is 9.32. The molecule has 2 heterocycles. The van der Waals surface area contributed by atoms with E-state index < -0.39 is 0 Å². The summed E-state index contributed by atoms with van der Waals surface area (Å²) in [6, 6.07) is 8.97. The van der Waals surface area contributed by atoms with Gasteiger partial charge in [0.05, 0.1) is 0 Å². The number of hydrogen-bond donors (Lipinski definition) is 1. The first-order chi connectivity index (χ1) is 7.83. The summed E-state index contributed by atoms with van der Waals surface area (Å²) in [4.78, 5) is 2.47. The van der Waals surface area contributed by atoms with Crippen molar-refractivity contribution in [3.8, 4) is 0 Å². The summed E-state index contributed by atoms with van der Waals surface area (Å²) >= 11 is 6.04. The van der Waals surface area contributed by atoms with Gasteiger partial charge in [0.2, 0.25) is 0 Å². The van der Waals surface area contributed by atoms with Gasteiger partial charge < -0.3 is 10.2 Å². The normalized spacial score (nSPS) is 29.2. The molecule has 86 valence electrons. The number of piperidine rings is 1. The third kappa shape index (κ3) is 1.92. The Bertz CT molecular complexity index is 380. The molecule has 3 rings (SSSR count). The molecule has 2 nitrogen and oxygen atoms in total. The van der Waals surface area contributed by atoms with Crippen molar-refractivity contribution in [3.63, 3.8) is 0 Å². The van der Waals surface area contributed by atoms with Gasteiger partial charge in [0, 0.05) is 29.8 Å². The summed E-state index contributed by atoms with van der Waals surface area (Å²) in [6.07, 6.45) is 2.58. The summed E-state index contributed by atoms with van der Waals surface area (Å²) in [6.45, 7) is 3.52. The number of halogens is 1. The van der Waals surface area contributed by atoms with E-state index in [0.717, 1.165) is 23.5 Å². The molecule has 1 aromatic carbocycles. The van der Waals surface area contributed by atoms with Crippen LogP contribution in [-0.2, 0) is 0 Å². The molecule has 3 heteroatoms. The average Bonchev–Trinajstić information content (AvgIpc) is 2.75. The number of nitrogens with one attached hydrogen (secondary N) is 1. The Balaban J connectivity index is 1.76. The second-order valence-corrected chi connectivity index (χ2v) is 5.26. The van der Waals surface area contributed by atoms with Gasteiger partial charge in [-0.3, -0.25) is 0 Å². The van der Waals surface area contributed by atoms with Crippen LogP contribution in [0, 0.1) is 5.92 Å². The molecule has 0 radical (unpaired) electrons. The lowest BCUT2D eigenvalue weighted by molar-refractivity contribution is 0.376. The van der Waals surface area contributed by atoms with Gasteiger partial charge in [0.15, 0.2) is 0 Å². The van der Waals surface area contributed by atoms with Crippen molar-refractivity contribution < 1.29 is 0 Å². The van der Waals surface area contributed by atoms with Crippen LogP contribution in [0.25, 0.3) is 0 Å². The first kappa shape index (κ1) is 10.4. The molecule has 0 spiro atoms. The van der Waals surface area contributed by atoms with E-state index in [-0.39, 0.29) is 0 Å². The maximum atomic E-state index is 6.04. The quantitative estimate of drug-likeness (QED) is 0.806. The number of anilines is 1. The van der Waals surface area contributed by atoms with E-state index >= 15 is 0 Å². The van der Waals surface area contributed by atoms with Crippen LogP contribution >= 0.6 is 11.6 Å². The van der Waals surface area contributed by atoms with Gasteiger partial charge in [-0.2, -0.15) is 0 Å². The predicted molar refractivity (Wildman–Crippen MR) is 68.2 cm³/mol. The number of nitrogens with zero attached hydrogens (tertiary/aromatic N) is 1. The number of hydrogen-bond acceptors (Lipinski definition) is 2. The molecule has 2 aliphatic rings. The highest BCUT2D eigenvalue weighted by atomic mass is 35.5. The minimum absolute atomic E-state index is 0.760. The summed E-state index contributed by atoms with van der Waals surface area (Å²) in [5, 5.41) is 4.43. The minimum Gasteiger partial charge on any atom is -0.371 e. The molecule has 2 unspecified atom stereocenters. The third-order valence-electron chi connectivity index (χ3n) is 3.83. The van der Waals surface area contributed by atoms with E-state index in [4.69, 9.17) is 11.6 Å². The summed E-state index contributed by atoms with van der Waals surface area (Å²) in [7, 11) is 0. The maximum Gasteiger partial charge on any atom is 0.0426 e. The van der Waals surface area contributed by atoms with E-state index in [1.165, 1.54) is 31.6 Å². The molecule has 2 fully saturated rings. The largest absolute Gasteiger partial charge is 0.371 e. The Labute approximate surface area is 102 Å². The van der Waals surface area contributed by atoms with Gasteiger partial charge >= 0.3 is 0 Å². The molecule has 0 aliphatic carbocycles. The number of rotatable bonds is 1. The molecule has 1 aromatic rings. The van der Waals surface area contributed by atoms with Gasteiger partial charge in [-0.05, 0) is 43.5 Å². The zero-order chi connectivity index (χ0) is 11.0. The van der Waals surface area contributed by atoms with Crippen molar-refractivity contribution >= 4 is 17.3 Å². The standard InChI is InChI=1S/C13H17ClN2/c14-11-2-1-3-12(8-11)16-7-5-13-10(9-16)4-6-15-13/h1-3,8,10,13,15H,4-7,9H2. The SMILES string of the molecule is Clc1cccc(N2CCC3NCCC3C2)c1. The highest BCUT2D eigenvalue weighted by molar-refractivity contribution is 6.30. The molecule has 2 atom stereocenters. The molecule has 2 saturated heterocycles. The fraction of sp³-hybridized carbons (Fsp3) is 0.538. The summed E-state index contributed by atoms with van der Waals surface area (Å²) in [5.41, 5.74) is 1.28. The van der Waals surface area contributed by atoms with Crippen LogP contribution in [0.3, 0.4) is 0 Å². The smallest absolute Gasteiger partial charge is 0.0426 e. The Morgan fingerprint density at radius 3 is 3.12 bits per heavy atom. The minimum atomic E-state index is 0.760. The number of fused-ring (bicyclic) bond motifs is 1. The fourth-order valence-corrected chi connectivity index (χ4v) is 3.14. The second kappa shape index (κ2) is 4.27. The zero-order valence-corrected chi connectivity index (χ0v) is 10.1. The fourth-order valence-electron chi connectivity index (χ4n) is 2.95. The van der Waals surface area contributed by atoms with Gasteiger partial charge in [-0.25, -0.2) is 0 Å². The van der Waals surface area contributed by atoms with Crippen LogP contribution < -0.4 is 10.2 Å². The van der Waals surface area contributed by atoms with Crippen molar-refractivity contribution in [2.24, 2.45) is 5.92 Å². The van der Waals surface area contributed by atoms with Crippen LogP contribution in [0.5, 0.6) is 0 Å². The predicted octanol–water partition coefficient (Wildman–Crippen LogP) is 2.53. The van der Waals surface area contributed by atoms with Gasteiger partial charge in [0.1, 0.15) is 0 Å². The lowest BCUT2D eigenvalue weighted by atomic mass is 9.93. The first-order valence-corrected chi connectivity index (χ1v) is 6.44. The van der Waals surface area contributed by atoms with Crippen LogP contribution in [0.2, 0.25) is 5.02 Å². The molecule has 0 amide bonds. The molecule has 0 aromatic heterocycles. The molecular formula is C13H17ClN2. The van der Waals surface area contributed by atoms with Crippen molar-refractivity contribution in [1.29, 1.82) is 0 Å².